The van der Waals surface area contributed by atoms with E-state index in [1.807, 2.05) is 0 Å². The Morgan fingerprint density at radius 1 is 1.00 bits per heavy atom. The normalized spacial score (nSPS) is 30.1. The molecule has 106 valence electrons. The molecule has 0 radical (unpaired) electrons. The first-order chi connectivity index (χ1) is 9.83. The second-order valence-electron chi connectivity index (χ2n) is 6.68. The van der Waals surface area contributed by atoms with Crippen LogP contribution >= 0.6 is 0 Å². The van der Waals surface area contributed by atoms with Crippen LogP contribution in [0.3, 0.4) is 0 Å². The maximum absolute atomic E-state index is 11.5. The Bertz CT molecular complexity index is 526. The molecular formula is C18H23NO. The molecule has 1 aliphatic heterocycles. The highest BCUT2D eigenvalue weighted by Gasteiger charge is 2.34. The van der Waals surface area contributed by atoms with Crippen molar-refractivity contribution in [2.75, 3.05) is 13.1 Å². The largest absolute Gasteiger partial charge is 0.300 e. The number of Topliss-reactive ketones (excluding diaryl/α,β-unsaturated/α-hetero) is 1. The maximum atomic E-state index is 11.5. The second-order valence-corrected chi connectivity index (χ2v) is 6.68. The molecule has 20 heavy (non-hydrogen) atoms. The van der Waals surface area contributed by atoms with Crippen LogP contribution in [-0.2, 0) is 11.2 Å². The molecule has 2 nitrogen and oxygen atoms in total. The highest BCUT2D eigenvalue weighted by Crippen LogP contribution is 2.46. The van der Waals surface area contributed by atoms with Crippen LogP contribution in [0.2, 0.25) is 0 Å². The highest BCUT2D eigenvalue weighted by atomic mass is 16.1. The molecule has 1 fully saturated rings. The van der Waals surface area contributed by atoms with Gasteiger partial charge >= 0.3 is 0 Å². The summed E-state index contributed by atoms with van der Waals surface area (Å²) >= 11 is 0. The first-order valence-corrected chi connectivity index (χ1v) is 8.20. The average molecular weight is 269 g/mol. The molecule has 1 heterocycles. The van der Waals surface area contributed by atoms with Crippen LogP contribution in [0, 0.1) is 0 Å². The summed E-state index contributed by atoms with van der Waals surface area (Å²) in [5.41, 5.74) is 4.89. The number of piperidine rings is 1. The van der Waals surface area contributed by atoms with Crippen molar-refractivity contribution < 1.29 is 4.79 Å². The smallest absolute Gasteiger partial charge is 0.135 e. The minimum absolute atomic E-state index is 0.449. The summed E-state index contributed by atoms with van der Waals surface area (Å²) in [5.74, 6) is 1.27. The topological polar surface area (TPSA) is 20.3 Å². The lowest BCUT2D eigenvalue weighted by Gasteiger charge is -2.42. The number of aryl methyl sites for hydroxylation is 1. The highest BCUT2D eigenvalue weighted by molar-refractivity contribution is 5.79. The minimum atomic E-state index is 0.449. The van der Waals surface area contributed by atoms with E-state index in [9.17, 15) is 4.79 Å². The van der Waals surface area contributed by atoms with Gasteiger partial charge in [-0.3, -0.25) is 9.69 Å². The van der Waals surface area contributed by atoms with Gasteiger partial charge in [0.2, 0.25) is 0 Å². The van der Waals surface area contributed by atoms with Crippen molar-refractivity contribution >= 4 is 5.78 Å². The molecule has 3 aliphatic rings. The molecule has 2 aliphatic carbocycles. The molecule has 0 spiro atoms. The third-order valence-electron chi connectivity index (χ3n) is 5.58. The lowest BCUT2D eigenvalue weighted by atomic mass is 9.71. The second kappa shape index (κ2) is 5.00. The van der Waals surface area contributed by atoms with Gasteiger partial charge in [0.25, 0.3) is 0 Å². The number of hydrogen-bond acceptors (Lipinski definition) is 2. The summed E-state index contributed by atoms with van der Waals surface area (Å²) in [5, 5.41) is 0. The number of hydrogen-bond donors (Lipinski definition) is 0. The van der Waals surface area contributed by atoms with Gasteiger partial charge in [-0.05, 0) is 54.7 Å². The van der Waals surface area contributed by atoms with Crippen molar-refractivity contribution in [1.82, 2.24) is 4.90 Å². The van der Waals surface area contributed by atoms with Crippen molar-refractivity contribution in [3.8, 4) is 0 Å². The molecule has 0 N–H and O–H groups in total. The SMILES string of the molecule is O=C1CCN([C@@H]2CC[C@H]3CCCc4cccc2c43)CC1. The predicted molar refractivity (Wildman–Crippen MR) is 79.9 cm³/mol. The van der Waals surface area contributed by atoms with Crippen molar-refractivity contribution in [1.29, 1.82) is 0 Å². The molecule has 0 unspecified atom stereocenters. The third kappa shape index (κ3) is 2.01. The standard InChI is InChI=1S/C18H23NO/c20-15-9-11-19(12-10-15)17-8-7-14-4-1-3-13-5-2-6-16(17)18(13)14/h2,5-6,14,17H,1,3-4,7-12H2/t14-,17-/m1/s1. The molecule has 1 aromatic carbocycles. The van der Waals surface area contributed by atoms with Crippen LogP contribution in [0.15, 0.2) is 18.2 Å². The molecular weight excluding hydrogens is 246 g/mol. The quantitative estimate of drug-likeness (QED) is 0.776. The molecule has 2 atom stereocenters. The summed E-state index contributed by atoms with van der Waals surface area (Å²) in [6, 6.07) is 7.53. The van der Waals surface area contributed by atoms with E-state index in [2.05, 4.69) is 23.1 Å². The van der Waals surface area contributed by atoms with Gasteiger partial charge in [-0.2, -0.15) is 0 Å². The maximum Gasteiger partial charge on any atom is 0.135 e. The van der Waals surface area contributed by atoms with E-state index < -0.39 is 0 Å². The van der Waals surface area contributed by atoms with Crippen LogP contribution in [0.5, 0.6) is 0 Å². The van der Waals surface area contributed by atoms with Gasteiger partial charge < -0.3 is 0 Å². The zero-order valence-electron chi connectivity index (χ0n) is 12.1. The van der Waals surface area contributed by atoms with Gasteiger partial charge in [-0.25, -0.2) is 0 Å². The van der Waals surface area contributed by atoms with Gasteiger partial charge in [0, 0.05) is 32.0 Å². The fraction of sp³-hybridized carbons (Fsp3) is 0.611. The van der Waals surface area contributed by atoms with Crippen molar-refractivity contribution in [3.05, 3.63) is 34.9 Å². The molecule has 0 amide bonds. The molecule has 0 bridgehead atoms. The number of benzene rings is 1. The number of nitrogens with zero attached hydrogens (tertiary/aromatic N) is 1. The lowest BCUT2D eigenvalue weighted by Crippen LogP contribution is -2.39. The predicted octanol–water partition coefficient (Wildman–Crippen LogP) is 3.61. The lowest BCUT2D eigenvalue weighted by molar-refractivity contribution is -0.122. The van der Waals surface area contributed by atoms with E-state index in [0.29, 0.717) is 11.8 Å². The number of rotatable bonds is 1. The number of ketones is 1. The summed E-state index contributed by atoms with van der Waals surface area (Å²) < 4.78 is 0. The fourth-order valence-corrected chi connectivity index (χ4v) is 4.59. The van der Waals surface area contributed by atoms with E-state index >= 15 is 0 Å². The van der Waals surface area contributed by atoms with Crippen LogP contribution in [0.25, 0.3) is 0 Å². The first-order valence-electron chi connectivity index (χ1n) is 8.20. The van der Waals surface area contributed by atoms with Crippen LogP contribution in [0.4, 0.5) is 0 Å². The van der Waals surface area contributed by atoms with Gasteiger partial charge in [-0.1, -0.05) is 18.2 Å². The van der Waals surface area contributed by atoms with Gasteiger partial charge in [0.15, 0.2) is 0 Å². The molecule has 0 saturated carbocycles. The van der Waals surface area contributed by atoms with E-state index in [0.717, 1.165) is 31.8 Å². The Morgan fingerprint density at radius 2 is 1.85 bits per heavy atom. The monoisotopic (exact) mass is 269 g/mol. The summed E-state index contributed by atoms with van der Waals surface area (Å²) in [6.07, 6.45) is 8.17. The zero-order valence-corrected chi connectivity index (χ0v) is 12.1. The summed E-state index contributed by atoms with van der Waals surface area (Å²) in [7, 11) is 0. The van der Waals surface area contributed by atoms with Gasteiger partial charge in [-0.15, -0.1) is 0 Å². The summed E-state index contributed by atoms with van der Waals surface area (Å²) in [4.78, 5) is 14.0. The zero-order chi connectivity index (χ0) is 13.5. The van der Waals surface area contributed by atoms with Crippen molar-refractivity contribution in [2.45, 2.75) is 56.9 Å². The first kappa shape index (κ1) is 12.6. The molecule has 1 aromatic rings. The van der Waals surface area contributed by atoms with E-state index in [-0.39, 0.29) is 0 Å². The summed E-state index contributed by atoms with van der Waals surface area (Å²) in [6.45, 7) is 1.94. The Balaban J connectivity index is 1.68. The number of carbonyl (C=O) groups excluding carboxylic acids is 1. The fourth-order valence-electron chi connectivity index (χ4n) is 4.59. The van der Waals surface area contributed by atoms with E-state index in [1.165, 1.54) is 32.1 Å². The molecule has 1 saturated heterocycles. The Kier molecular flexibility index (Phi) is 3.14. The number of carbonyl (C=O) groups is 1. The minimum Gasteiger partial charge on any atom is -0.300 e. The molecule has 4 rings (SSSR count). The Labute approximate surface area is 121 Å². The van der Waals surface area contributed by atoms with Crippen LogP contribution in [-0.4, -0.2) is 23.8 Å². The average Bonchev–Trinajstić information content (AvgIpc) is 2.49. The van der Waals surface area contributed by atoms with Gasteiger partial charge in [0.1, 0.15) is 5.78 Å². The van der Waals surface area contributed by atoms with E-state index in [4.69, 9.17) is 0 Å². The Hall–Kier alpha value is -1.15. The van der Waals surface area contributed by atoms with Crippen molar-refractivity contribution in [3.63, 3.8) is 0 Å². The van der Waals surface area contributed by atoms with E-state index in [1.54, 1.807) is 16.7 Å². The Morgan fingerprint density at radius 3 is 2.70 bits per heavy atom. The third-order valence-corrected chi connectivity index (χ3v) is 5.58. The molecule has 2 heteroatoms. The molecule has 0 aromatic heterocycles. The van der Waals surface area contributed by atoms with Crippen LogP contribution < -0.4 is 0 Å². The van der Waals surface area contributed by atoms with Crippen LogP contribution in [0.1, 0.15) is 67.2 Å². The van der Waals surface area contributed by atoms with Gasteiger partial charge in [0.05, 0.1) is 0 Å². The number of likely N-dealkylation sites (tertiary alicyclic amines) is 1. The van der Waals surface area contributed by atoms with Crippen molar-refractivity contribution in [2.24, 2.45) is 0 Å².